The van der Waals surface area contributed by atoms with E-state index in [-0.39, 0.29) is 10.9 Å². The molecule has 2 aromatic heterocycles. The van der Waals surface area contributed by atoms with Gasteiger partial charge in [0.1, 0.15) is 12.3 Å². The number of aromatic nitrogens is 3. The second-order valence-electron chi connectivity index (χ2n) is 8.41. The van der Waals surface area contributed by atoms with E-state index in [4.69, 9.17) is 9.72 Å². The van der Waals surface area contributed by atoms with Crippen LogP contribution in [0.4, 0.5) is 0 Å². The number of ether oxygens (including phenoxy) is 1. The molecule has 0 unspecified atom stereocenters. The average molecular weight is 450 g/mol. The molecule has 4 aromatic rings. The van der Waals surface area contributed by atoms with E-state index >= 15 is 0 Å². The Bertz CT molecular complexity index is 1330. The Hall–Kier alpha value is -3.19. The van der Waals surface area contributed by atoms with E-state index in [0.29, 0.717) is 36.7 Å². The van der Waals surface area contributed by atoms with E-state index in [2.05, 4.69) is 23.8 Å². The van der Waals surface area contributed by atoms with E-state index in [1.807, 2.05) is 60.8 Å². The molecule has 0 aliphatic heterocycles. The van der Waals surface area contributed by atoms with Gasteiger partial charge in [-0.05, 0) is 29.5 Å². The lowest BCUT2D eigenvalue weighted by Crippen LogP contribution is -2.14. The Labute approximate surface area is 188 Å². The summed E-state index contributed by atoms with van der Waals surface area (Å²) in [5, 5.41) is 1.05. The molecule has 4 rings (SSSR count). The number of nitrogens with zero attached hydrogens (tertiary/aromatic N) is 2. The van der Waals surface area contributed by atoms with Gasteiger partial charge in [-0.3, -0.25) is 0 Å². The molecule has 0 aliphatic rings. The highest BCUT2D eigenvalue weighted by molar-refractivity contribution is 7.90. The molecule has 166 valence electrons. The lowest BCUT2D eigenvalue weighted by molar-refractivity contribution is 0.285. The monoisotopic (exact) mass is 449 g/mol. The van der Waals surface area contributed by atoms with Crippen molar-refractivity contribution in [3.63, 3.8) is 0 Å². The van der Waals surface area contributed by atoms with Crippen LogP contribution in [0.1, 0.15) is 36.4 Å². The largest absolute Gasteiger partial charge is 0.471 e. The van der Waals surface area contributed by atoms with Crippen molar-refractivity contribution in [1.82, 2.24) is 15.0 Å². The SMILES string of the molecule is CC(C)Cc1nc(S(C)(=O)=O)c(Cc2c[nH]c3ccccc23)nc1OCc1ccccc1. The Kier molecular flexibility index (Phi) is 6.28. The predicted octanol–water partition coefficient (Wildman–Crippen LogP) is 4.73. The molecule has 1 N–H and O–H groups in total. The van der Waals surface area contributed by atoms with Gasteiger partial charge >= 0.3 is 0 Å². The maximum Gasteiger partial charge on any atom is 0.236 e. The fourth-order valence-corrected chi connectivity index (χ4v) is 4.52. The lowest BCUT2D eigenvalue weighted by atomic mass is 10.1. The first-order chi connectivity index (χ1) is 15.3. The van der Waals surface area contributed by atoms with E-state index in [0.717, 1.165) is 22.0 Å². The molecule has 0 bridgehead atoms. The molecule has 32 heavy (non-hydrogen) atoms. The highest BCUT2D eigenvalue weighted by Gasteiger charge is 2.23. The molecule has 0 fully saturated rings. The Balaban J connectivity index is 1.77. The van der Waals surface area contributed by atoms with Crippen molar-refractivity contribution < 1.29 is 13.2 Å². The first-order valence-corrected chi connectivity index (χ1v) is 12.5. The summed E-state index contributed by atoms with van der Waals surface area (Å²) >= 11 is 0. The Morgan fingerprint density at radius 2 is 1.69 bits per heavy atom. The van der Waals surface area contributed by atoms with Crippen LogP contribution >= 0.6 is 0 Å². The van der Waals surface area contributed by atoms with Crippen LogP contribution in [0.25, 0.3) is 10.9 Å². The van der Waals surface area contributed by atoms with Crippen LogP contribution in [0.15, 0.2) is 65.8 Å². The zero-order chi connectivity index (χ0) is 22.7. The minimum absolute atomic E-state index is 0.0190. The van der Waals surface area contributed by atoms with Gasteiger partial charge in [0.2, 0.25) is 5.88 Å². The maximum atomic E-state index is 12.6. The molecule has 6 nitrogen and oxygen atoms in total. The van der Waals surface area contributed by atoms with Gasteiger partial charge in [0, 0.05) is 29.8 Å². The first-order valence-electron chi connectivity index (χ1n) is 10.6. The summed E-state index contributed by atoms with van der Waals surface area (Å²) in [6.45, 7) is 4.45. The molecule has 0 radical (unpaired) electrons. The van der Waals surface area contributed by atoms with Crippen LogP contribution in [-0.4, -0.2) is 29.6 Å². The van der Waals surface area contributed by atoms with E-state index < -0.39 is 9.84 Å². The average Bonchev–Trinajstić information content (AvgIpc) is 3.16. The third-order valence-corrected chi connectivity index (χ3v) is 6.20. The van der Waals surface area contributed by atoms with Gasteiger partial charge in [-0.15, -0.1) is 0 Å². The van der Waals surface area contributed by atoms with Gasteiger partial charge in [0.05, 0.1) is 5.69 Å². The standard InChI is InChI=1S/C25H27N3O3S/c1-17(2)13-22-24(31-16-18-9-5-4-6-10-18)27-23(25(28-22)32(3,29)30)14-19-15-26-21-12-8-7-11-20(19)21/h4-12,15,17,26H,13-14,16H2,1-3H3. The molecule has 0 saturated heterocycles. The fourth-order valence-electron chi connectivity index (χ4n) is 3.70. The van der Waals surface area contributed by atoms with E-state index in [1.165, 1.54) is 6.26 Å². The quantitative estimate of drug-likeness (QED) is 0.420. The molecule has 2 aromatic carbocycles. The van der Waals surface area contributed by atoms with Gasteiger partial charge < -0.3 is 9.72 Å². The molecule has 0 saturated carbocycles. The number of aromatic amines is 1. The van der Waals surface area contributed by atoms with Crippen molar-refractivity contribution in [3.8, 4) is 5.88 Å². The molecule has 0 amide bonds. The van der Waals surface area contributed by atoms with Crippen molar-refractivity contribution >= 4 is 20.7 Å². The zero-order valence-electron chi connectivity index (χ0n) is 18.5. The highest BCUT2D eigenvalue weighted by Crippen LogP contribution is 2.27. The van der Waals surface area contributed by atoms with E-state index in [1.54, 1.807) is 0 Å². The van der Waals surface area contributed by atoms with Gasteiger partial charge in [-0.1, -0.05) is 62.4 Å². The number of H-pyrrole nitrogens is 1. The number of benzene rings is 2. The lowest BCUT2D eigenvalue weighted by Gasteiger charge is -2.15. The maximum absolute atomic E-state index is 12.6. The van der Waals surface area contributed by atoms with Crippen molar-refractivity contribution in [2.45, 2.75) is 38.3 Å². The summed E-state index contributed by atoms with van der Waals surface area (Å²) in [4.78, 5) is 12.5. The molecule has 7 heteroatoms. The summed E-state index contributed by atoms with van der Waals surface area (Å²) < 4.78 is 31.3. The number of rotatable bonds is 8. The third kappa shape index (κ3) is 4.99. The van der Waals surface area contributed by atoms with Gasteiger partial charge in [0.15, 0.2) is 14.9 Å². The molecule has 0 atom stereocenters. The topological polar surface area (TPSA) is 84.9 Å². The van der Waals surface area contributed by atoms with Gasteiger partial charge in [0.25, 0.3) is 0 Å². The fraction of sp³-hybridized carbons (Fsp3) is 0.280. The van der Waals surface area contributed by atoms with Crippen LogP contribution in [0, 0.1) is 5.92 Å². The van der Waals surface area contributed by atoms with E-state index in [9.17, 15) is 8.42 Å². The second kappa shape index (κ2) is 9.12. The Morgan fingerprint density at radius 1 is 0.969 bits per heavy atom. The first kappa shape index (κ1) is 22.0. The van der Waals surface area contributed by atoms with Crippen molar-refractivity contribution in [3.05, 3.63) is 83.3 Å². The number of sulfone groups is 1. The molecule has 2 heterocycles. The van der Waals surface area contributed by atoms with Crippen LogP contribution in [0.2, 0.25) is 0 Å². The summed E-state index contributed by atoms with van der Waals surface area (Å²) in [5.41, 5.74) is 3.93. The number of hydrogen-bond donors (Lipinski definition) is 1. The van der Waals surface area contributed by atoms with Crippen molar-refractivity contribution in [2.24, 2.45) is 5.92 Å². The van der Waals surface area contributed by atoms with Crippen LogP contribution in [-0.2, 0) is 29.3 Å². The predicted molar refractivity (Wildman–Crippen MR) is 126 cm³/mol. The van der Waals surface area contributed by atoms with Crippen molar-refractivity contribution in [1.29, 1.82) is 0 Å². The minimum atomic E-state index is -3.57. The molecular weight excluding hydrogens is 422 g/mol. The Morgan fingerprint density at radius 3 is 2.41 bits per heavy atom. The summed E-state index contributed by atoms with van der Waals surface area (Å²) in [5.74, 6) is 0.667. The number of para-hydroxylation sites is 1. The smallest absolute Gasteiger partial charge is 0.236 e. The summed E-state index contributed by atoms with van der Waals surface area (Å²) in [6.07, 6.45) is 3.99. The second-order valence-corrected chi connectivity index (χ2v) is 10.3. The normalized spacial score (nSPS) is 11.9. The minimum Gasteiger partial charge on any atom is -0.471 e. The molecule has 0 spiro atoms. The zero-order valence-corrected chi connectivity index (χ0v) is 19.3. The number of nitrogens with one attached hydrogen (secondary N) is 1. The summed E-state index contributed by atoms with van der Waals surface area (Å²) in [7, 11) is -3.57. The van der Waals surface area contributed by atoms with Crippen LogP contribution < -0.4 is 4.74 Å². The molecular formula is C25H27N3O3S. The van der Waals surface area contributed by atoms with Gasteiger partial charge in [-0.2, -0.15) is 0 Å². The highest BCUT2D eigenvalue weighted by atomic mass is 32.2. The van der Waals surface area contributed by atoms with Crippen LogP contribution in [0.3, 0.4) is 0 Å². The van der Waals surface area contributed by atoms with Crippen LogP contribution in [0.5, 0.6) is 5.88 Å². The number of fused-ring (bicyclic) bond motifs is 1. The summed E-state index contributed by atoms with van der Waals surface area (Å²) in [6, 6.07) is 17.7. The van der Waals surface area contributed by atoms with Crippen molar-refractivity contribution in [2.75, 3.05) is 6.26 Å². The van der Waals surface area contributed by atoms with Gasteiger partial charge in [-0.25, -0.2) is 18.4 Å². The molecule has 0 aliphatic carbocycles. The third-order valence-electron chi connectivity index (χ3n) is 5.17. The number of hydrogen-bond acceptors (Lipinski definition) is 5.